The van der Waals surface area contributed by atoms with E-state index in [1.54, 1.807) is 31.0 Å². The summed E-state index contributed by atoms with van der Waals surface area (Å²) in [5.74, 6) is 0.320. The normalized spacial score (nSPS) is 19.8. The topological polar surface area (TPSA) is 72.6 Å². The molecule has 0 bridgehead atoms. The van der Waals surface area contributed by atoms with Crippen LogP contribution >= 0.6 is 24.0 Å². The molecule has 0 spiro atoms. The summed E-state index contributed by atoms with van der Waals surface area (Å²) < 4.78 is 15.5. The van der Waals surface area contributed by atoms with Crippen LogP contribution in [0.3, 0.4) is 0 Å². The van der Waals surface area contributed by atoms with Gasteiger partial charge in [-0.3, -0.25) is 19.1 Å². The first-order chi connectivity index (χ1) is 17.8. The summed E-state index contributed by atoms with van der Waals surface area (Å²) >= 11 is 6.87. The number of hydrogen-bond acceptors (Lipinski definition) is 7. The molecule has 1 aromatic carbocycles. The van der Waals surface area contributed by atoms with Gasteiger partial charge in [-0.1, -0.05) is 36.8 Å². The van der Waals surface area contributed by atoms with E-state index in [1.807, 2.05) is 6.08 Å². The maximum absolute atomic E-state index is 13.4. The van der Waals surface area contributed by atoms with Crippen LogP contribution in [0, 0.1) is 24.1 Å². The molecule has 10 heteroatoms. The standard InChI is InChI=1S/C27H28FN5O2S2/c1-17-21(15-23-26(35)33(27(36)37-23)20-5-3-4-6-20)24(30(2)25(34)22(17)16-29)32-13-11-31(12-14-32)19-9-7-18(28)8-10-19/h7-10,15,20H,3-6,11-14H2,1-2H3/b23-15+. The highest BCUT2D eigenvalue weighted by Gasteiger charge is 2.38. The smallest absolute Gasteiger partial charge is 0.270 e. The average molecular weight is 538 g/mol. The lowest BCUT2D eigenvalue weighted by atomic mass is 10.0. The molecule has 2 aromatic rings. The van der Waals surface area contributed by atoms with Gasteiger partial charge in [-0.15, -0.1) is 0 Å². The molecule has 1 aromatic heterocycles. The van der Waals surface area contributed by atoms with Crippen LogP contribution in [-0.2, 0) is 11.8 Å². The van der Waals surface area contributed by atoms with Crippen LogP contribution in [0.4, 0.5) is 15.9 Å². The van der Waals surface area contributed by atoms with Crippen molar-refractivity contribution in [1.82, 2.24) is 9.47 Å². The fraction of sp³-hybridized carbons (Fsp3) is 0.407. The van der Waals surface area contributed by atoms with Crippen LogP contribution in [0.1, 0.15) is 42.4 Å². The highest BCUT2D eigenvalue weighted by molar-refractivity contribution is 8.26. The molecule has 3 heterocycles. The Labute approximate surface area is 225 Å². The van der Waals surface area contributed by atoms with Crippen LogP contribution in [-0.4, -0.2) is 51.9 Å². The van der Waals surface area contributed by atoms with Crippen molar-refractivity contribution in [1.29, 1.82) is 5.26 Å². The summed E-state index contributed by atoms with van der Waals surface area (Å²) in [7, 11) is 1.67. The molecular weight excluding hydrogens is 509 g/mol. The van der Waals surface area contributed by atoms with Crippen molar-refractivity contribution in [2.75, 3.05) is 36.0 Å². The molecule has 1 aliphatic carbocycles. The van der Waals surface area contributed by atoms with Crippen molar-refractivity contribution in [3.63, 3.8) is 0 Å². The summed E-state index contributed by atoms with van der Waals surface area (Å²) in [6.07, 6.45) is 5.92. The van der Waals surface area contributed by atoms with E-state index in [-0.39, 0.29) is 28.9 Å². The Bertz CT molecular complexity index is 1380. The minimum Gasteiger partial charge on any atom is -0.368 e. The van der Waals surface area contributed by atoms with Crippen molar-refractivity contribution in [2.24, 2.45) is 7.05 Å². The number of piperazine rings is 1. The number of carbonyl (C=O) groups is 1. The van der Waals surface area contributed by atoms with Gasteiger partial charge in [0.15, 0.2) is 0 Å². The number of pyridine rings is 1. The third kappa shape index (κ3) is 4.66. The van der Waals surface area contributed by atoms with E-state index in [2.05, 4.69) is 15.9 Å². The number of amides is 1. The van der Waals surface area contributed by atoms with E-state index >= 15 is 0 Å². The third-order valence-electron chi connectivity index (χ3n) is 7.53. The van der Waals surface area contributed by atoms with E-state index in [0.717, 1.165) is 31.4 Å². The minimum atomic E-state index is -0.355. The summed E-state index contributed by atoms with van der Waals surface area (Å²) in [6, 6.07) is 8.65. The Balaban J connectivity index is 1.50. The minimum absolute atomic E-state index is 0.0775. The third-order valence-corrected chi connectivity index (χ3v) is 8.86. The molecule has 0 unspecified atom stereocenters. The van der Waals surface area contributed by atoms with Gasteiger partial charge in [0.1, 0.15) is 27.6 Å². The van der Waals surface area contributed by atoms with Gasteiger partial charge in [0.2, 0.25) is 0 Å². The highest BCUT2D eigenvalue weighted by atomic mass is 32.2. The first-order valence-electron chi connectivity index (χ1n) is 12.5. The molecular formula is C27H28FN5O2S2. The molecule has 0 atom stereocenters. The van der Waals surface area contributed by atoms with E-state index in [0.29, 0.717) is 52.3 Å². The predicted octanol–water partition coefficient (Wildman–Crippen LogP) is 4.17. The van der Waals surface area contributed by atoms with Gasteiger partial charge in [0.25, 0.3) is 11.5 Å². The molecule has 2 aliphatic heterocycles. The molecule has 5 rings (SSSR count). The van der Waals surface area contributed by atoms with E-state index in [1.165, 1.54) is 28.5 Å². The van der Waals surface area contributed by atoms with Crippen LogP contribution in [0.25, 0.3) is 6.08 Å². The molecule has 0 N–H and O–H groups in total. The average Bonchev–Trinajstić information content (AvgIpc) is 3.51. The second kappa shape index (κ2) is 10.3. The lowest BCUT2D eigenvalue weighted by Crippen LogP contribution is -2.48. The number of thiocarbonyl (C=S) groups is 1. The van der Waals surface area contributed by atoms with E-state index in [4.69, 9.17) is 12.2 Å². The number of hydrogen-bond donors (Lipinski definition) is 0. The molecule has 3 fully saturated rings. The maximum atomic E-state index is 13.4. The van der Waals surface area contributed by atoms with Gasteiger partial charge in [0, 0.05) is 50.5 Å². The number of aromatic nitrogens is 1. The Kier molecular flexibility index (Phi) is 7.10. The molecule has 2 saturated heterocycles. The number of rotatable bonds is 4. The lowest BCUT2D eigenvalue weighted by molar-refractivity contribution is -0.123. The Morgan fingerprint density at radius 2 is 1.70 bits per heavy atom. The van der Waals surface area contributed by atoms with Crippen molar-refractivity contribution < 1.29 is 9.18 Å². The summed E-state index contributed by atoms with van der Waals surface area (Å²) in [4.78, 5) is 33.1. The maximum Gasteiger partial charge on any atom is 0.270 e. The molecule has 37 heavy (non-hydrogen) atoms. The SMILES string of the molecule is Cc1c(/C=C2/SC(=S)N(C3CCCC3)C2=O)c(N2CCN(c3ccc(F)cc3)CC2)n(C)c(=O)c1C#N. The van der Waals surface area contributed by atoms with Gasteiger partial charge in [-0.05, 0) is 55.7 Å². The van der Waals surface area contributed by atoms with Gasteiger partial charge < -0.3 is 9.80 Å². The largest absolute Gasteiger partial charge is 0.368 e. The molecule has 1 saturated carbocycles. The summed E-state index contributed by atoms with van der Waals surface area (Å²) in [6.45, 7) is 4.38. The first kappa shape index (κ1) is 25.5. The number of thioether (sulfide) groups is 1. The van der Waals surface area contributed by atoms with Crippen molar-refractivity contribution >= 4 is 51.8 Å². The quantitative estimate of drug-likeness (QED) is 0.428. The number of nitrogens with zero attached hydrogens (tertiary/aromatic N) is 5. The molecule has 3 aliphatic rings. The van der Waals surface area contributed by atoms with Crippen LogP contribution < -0.4 is 15.4 Å². The zero-order valence-electron chi connectivity index (χ0n) is 20.9. The van der Waals surface area contributed by atoms with Gasteiger partial charge in [-0.2, -0.15) is 5.26 Å². The number of halogens is 1. The van der Waals surface area contributed by atoms with Crippen LogP contribution in [0.2, 0.25) is 0 Å². The molecule has 1 amide bonds. The van der Waals surface area contributed by atoms with E-state index < -0.39 is 0 Å². The Morgan fingerprint density at radius 3 is 2.32 bits per heavy atom. The molecule has 7 nitrogen and oxygen atoms in total. The highest BCUT2D eigenvalue weighted by Crippen LogP contribution is 2.39. The molecule has 192 valence electrons. The van der Waals surface area contributed by atoms with Crippen molar-refractivity contribution in [2.45, 2.75) is 38.6 Å². The number of anilines is 2. The van der Waals surface area contributed by atoms with Crippen LogP contribution in [0.15, 0.2) is 34.0 Å². The lowest BCUT2D eigenvalue weighted by Gasteiger charge is -2.38. The predicted molar refractivity (Wildman–Crippen MR) is 149 cm³/mol. The first-order valence-corrected chi connectivity index (χ1v) is 13.7. The second-order valence-electron chi connectivity index (χ2n) is 9.65. The molecule has 0 radical (unpaired) electrons. The zero-order chi connectivity index (χ0) is 26.3. The number of carbonyl (C=O) groups excluding carboxylic acids is 1. The van der Waals surface area contributed by atoms with Gasteiger partial charge in [-0.25, -0.2) is 4.39 Å². The summed E-state index contributed by atoms with van der Waals surface area (Å²) in [5.41, 5.74) is 1.93. The number of benzene rings is 1. The number of nitriles is 1. The van der Waals surface area contributed by atoms with E-state index in [9.17, 15) is 19.2 Å². The van der Waals surface area contributed by atoms with Gasteiger partial charge in [0.05, 0.1) is 4.91 Å². The second-order valence-corrected chi connectivity index (χ2v) is 11.3. The van der Waals surface area contributed by atoms with Crippen LogP contribution in [0.5, 0.6) is 0 Å². The fourth-order valence-electron chi connectivity index (χ4n) is 5.51. The Morgan fingerprint density at radius 1 is 1.08 bits per heavy atom. The van der Waals surface area contributed by atoms with Crippen molar-refractivity contribution in [3.8, 4) is 6.07 Å². The summed E-state index contributed by atoms with van der Waals surface area (Å²) in [5, 5.41) is 9.74. The van der Waals surface area contributed by atoms with Gasteiger partial charge >= 0.3 is 0 Å². The zero-order valence-corrected chi connectivity index (χ0v) is 22.5. The Hall–Kier alpha value is -3.16. The fourth-order valence-corrected chi connectivity index (χ4v) is 6.89. The van der Waals surface area contributed by atoms with Crippen molar-refractivity contribution in [3.05, 3.63) is 62.0 Å². The monoisotopic (exact) mass is 537 g/mol.